The van der Waals surface area contributed by atoms with Crippen LogP contribution in [0.3, 0.4) is 0 Å². The Kier molecular flexibility index (Phi) is 5.65. The molecule has 1 aromatic rings. The Bertz CT molecular complexity index is 453. The molecule has 1 aliphatic heterocycles. The molecule has 1 heterocycles. The summed E-state index contributed by atoms with van der Waals surface area (Å²) >= 11 is 0. The standard InChI is InChI=1S/C17H24N2O.ClH/c20-16(15-9-4-5-12-18-15)19-13-17(10-6-11-17)14-7-2-1-3-8-14;/h1-3,7-8,15,18H,4-6,9-13H2,(H,19,20);1H. The van der Waals surface area contributed by atoms with E-state index in [-0.39, 0.29) is 29.8 Å². The molecule has 0 bridgehead atoms. The summed E-state index contributed by atoms with van der Waals surface area (Å²) in [4.78, 5) is 12.2. The first-order chi connectivity index (χ1) is 9.80. The van der Waals surface area contributed by atoms with Crippen molar-refractivity contribution in [2.75, 3.05) is 13.1 Å². The number of rotatable bonds is 4. The zero-order chi connectivity index (χ0) is 13.8. The van der Waals surface area contributed by atoms with E-state index < -0.39 is 0 Å². The summed E-state index contributed by atoms with van der Waals surface area (Å²) in [7, 11) is 0. The minimum atomic E-state index is 0. The van der Waals surface area contributed by atoms with Gasteiger partial charge in [0.25, 0.3) is 0 Å². The lowest BCUT2D eigenvalue weighted by molar-refractivity contribution is -0.124. The molecule has 1 aromatic carbocycles. The third-order valence-electron chi connectivity index (χ3n) is 4.92. The predicted molar refractivity (Wildman–Crippen MR) is 87.9 cm³/mol. The molecule has 1 aliphatic carbocycles. The zero-order valence-electron chi connectivity index (χ0n) is 12.4. The fraction of sp³-hybridized carbons (Fsp3) is 0.588. The van der Waals surface area contributed by atoms with Crippen molar-refractivity contribution in [1.82, 2.24) is 10.6 Å². The van der Waals surface area contributed by atoms with Crippen LogP contribution < -0.4 is 10.6 Å². The highest BCUT2D eigenvalue weighted by atomic mass is 35.5. The van der Waals surface area contributed by atoms with Crippen molar-refractivity contribution in [3.63, 3.8) is 0 Å². The van der Waals surface area contributed by atoms with Crippen molar-refractivity contribution < 1.29 is 4.79 Å². The van der Waals surface area contributed by atoms with Crippen LogP contribution in [0.5, 0.6) is 0 Å². The monoisotopic (exact) mass is 308 g/mol. The van der Waals surface area contributed by atoms with E-state index in [0.29, 0.717) is 0 Å². The van der Waals surface area contributed by atoms with Crippen molar-refractivity contribution >= 4 is 18.3 Å². The SMILES string of the molecule is Cl.O=C(NCC1(c2ccccc2)CCC1)C1CCCCN1. The molecule has 2 N–H and O–H groups in total. The van der Waals surface area contributed by atoms with Crippen LogP contribution >= 0.6 is 12.4 Å². The van der Waals surface area contributed by atoms with Gasteiger partial charge in [0, 0.05) is 12.0 Å². The minimum absolute atomic E-state index is 0. The van der Waals surface area contributed by atoms with Crippen LogP contribution in [0.25, 0.3) is 0 Å². The van der Waals surface area contributed by atoms with Gasteiger partial charge in [-0.25, -0.2) is 0 Å². The first-order valence-electron chi connectivity index (χ1n) is 7.87. The molecule has 4 heteroatoms. The normalized spacial score (nSPS) is 23.5. The average molecular weight is 309 g/mol. The van der Waals surface area contributed by atoms with Crippen molar-refractivity contribution in [2.24, 2.45) is 0 Å². The average Bonchev–Trinajstić information content (AvgIpc) is 2.48. The molecule has 0 aromatic heterocycles. The smallest absolute Gasteiger partial charge is 0.237 e. The Morgan fingerprint density at radius 2 is 1.95 bits per heavy atom. The molecule has 2 aliphatic rings. The fourth-order valence-electron chi connectivity index (χ4n) is 3.42. The van der Waals surface area contributed by atoms with Gasteiger partial charge in [-0.2, -0.15) is 0 Å². The van der Waals surface area contributed by atoms with Gasteiger partial charge in [-0.05, 0) is 37.8 Å². The quantitative estimate of drug-likeness (QED) is 0.898. The summed E-state index contributed by atoms with van der Waals surface area (Å²) in [6.45, 7) is 1.76. The van der Waals surface area contributed by atoms with Crippen molar-refractivity contribution in [1.29, 1.82) is 0 Å². The molecule has 1 saturated heterocycles. The Morgan fingerprint density at radius 1 is 1.19 bits per heavy atom. The van der Waals surface area contributed by atoms with Gasteiger partial charge in [0.15, 0.2) is 0 Å². The molecule has 1 unspecified atom stereocenters. The van der Waals surface area contributed by atoms with E-state index >= 15 is 0 Å². The van der Waals surface area contributed by atoms with Crippen LogP contribution in [0.4, 0.5) is 0 Å². The Hall–Kier alpha value is -1.06. The molecule has 0 radical (unpaired) electrons. The van der Waals surface area contributed by atoms with E-state index in [1.54, 1.807) is 0 Å². The van der Waals surface area contributed by atoms with Crippen LogP contribution in [-0.4, -0.2) is 25.0 Å². The maximum atomic E-state index is 12.2. The van der Waals surface area contributed by atoms with Gasteiger partial charge in [0.05, 0.1) is 6.04 Å². The largest absolute Gasteiger partial charge is 0.354 e. The van der Waals surface area contributed by atoms with Crippen LogP contribution in [0.15, 0.2) is 30.3 Å². The van der Waals surface area contributed by atoms with E-state index in [2.05, 4.69) is 41.0 Å². The molecular weight excluding hydrogens is 284 g/mol. The van der Waals surface area contributed by atoms with Crippen LogP contribution in [0, 0.1) is 0 Å². The lowest BCUT2D eigenvalue weighted by atomic mass is 9.64. The van der Waals surface area contributed by atoms with Crippen LogP contribution in [-0.2, 0) is 10.2 Å². The van der Waals surface area contributed by atoms with Crippen LogP contribution in [0.1, 0.15) is 44.1 Å². The van der Waals surface area contributed by atoms with E-state index in [9.17, 15) is 4.79 Å². The number of piperidine rings is 1. The van der Waals surface area contributed by atoms with Crippen molar-refractivity contribution in [3.05, 3.63) is 35.9 Å². The molecule has 3 nitrogen and oxygen atoms in total. The molecule has 21 heavy (non-hydrogen) atoms. The number of carbonyl (C=O) groups is 1. The molecule has 2 fully saturated rings. The van der Waals surface area contributed by atoms with Gasteiger partial charge in [0.1, 0.15) is 0 Å². The number of benzene rings is 1. The molecular formula is C17H25ClN2O. The van der Waals surface area contributed by atoms with Gasteiger partial charge < -0.3 is 10.6 Å². The Labute approximate surface area is 133 Å². The second-order valence-electron chi connectivity index (χ2n) is 6.22. The molecule has 0 spiro atoms. The number of nitrogens with one attached hydrogen (secondary N) is 2. The molecule has 3 rings (SSSR count). The van der Waals surface area contributed by atoms with E-state index in [0.717, 1.165) is 25.9 Å². The molecule has 116 valence electrons. The van der Waals surface area contributed by atoms with Gasteiger partial charge in [-0.1, -0.05) is 43.2 Å². The van der Waals surface area contributed by atoms with Crippen LogP contribution in [0.2, 0.25) is 0 Å². The van der Waals surface area contributed by atoms with E-state index in [1.165, 1.54) is 31.2 Å². The van der Waals surface area contributed by atoms with Gasteiger partial charge >= 0.3 is 0 Å². The molecule has 1 amide bonds. The summed E-state index contributed by atoms with van der Waals surface area (Å²) in [6.07, 6.45) is 6.98. The maximum Gasteiger partial charge on any atom is 0.237 e. The third kappa shape index (κ3) is 3.58. The third-order valence-corrected chi connectivity index (χ3v) is 4.92. The lowest BCUT2D eigenvalue weighted by Crippen LogP contribution is -2.51. The lowest BCUT2D eigenvalue weighted by Gasteiger charge is -2.43. The van der Waals surface area contributed by atoms with Gasteiger partial charge in [-0.3, -0.25) is 4.79 Å². The first-order valence-corrected chi connectivity index (χ1v) is 7.87. The minimum Gasteiger partial charge on any atom is -0.354 e. The maximum absolute atomic E-state index is 12.2. The molecule has 1 saturated carbocycles. The highest BCUT2D eigenvalue weighted by molar-refractivity contribution is 5.85. The Balaban J connectivity index is 0.00000161. The van der Waals surface area contributed by atoms with Gasteiger partial charge in [0.2, 0.25) is 5.91 Å². The van der Waals surface area contributed by atoms with Crippen molar-refractivity contribution in [3.8, 4) is 0 Å². The second-order valence-corrected chi connectivity index (χ2v) is 6.22. The van der Waals surface area contributed by atoms with Gasteiger partial charge in [-0.15, -0.1) is 12.4 Å². The topological polar surface area (TPSA) is 41.1 Å². The Morgan fingerprint density at radius 3 is 2.52 bits per heavy atom. The number of hydrogen-bond donors (Lipinski definition) is 2. The van der Waals surface area contributed by atoms with E-state index in [1.807, 2.05) is 0 Å². The zero-order valence-corrected chi connectivity index (χ0v) is 13.3. The number of carbonyl (C=O) groups excluding carboxylic acids is 1. The summed E-state index contributed by atoms with van der Waals surface area (Å²) in [5.74, 6) is 0.187. The molecule has 1 atom stereocenters. The number of amides is 1. The summed E-state index contributed by atoms with van der Waals surface area (Å²) in [6, 6.07) is 10.7. The summed E-state index contributed by atoms with van der Waals surface area (Å²) in [5, 5.41) is 6.51. The van der Waals surface area contributed by atoms with Crippen molar-refractivity contribution in [2.45, 2.75) is 50.0 Å². The highest BCUT2D eigenvalue weighted by Gasteiger charge is 2.39. The predicted octanol–water partition coefficient (Wildman–Crippen LogP) is 2.79. The first kappa shape index (κ1) is 16.3. The highest BCUT2D eigenvalue weighted by Crippen LogP contribution is 2.43. The van der Waals surface area contributed by atoms with E-state index in [4.69, 9.17) is 0 Å². The summed E-state index contributed by atoms with van der Waals surface area (Å²) in [5.41, 5.74) is 1.56. The number of halogens is 1. The number of hydrogen-bond acceptors (Lipinski definition) is 2. The summed E-state index contributed by atoms with van der Waals surface area (Å²) < 4.78 is 0. The second kappa shape index (κ2) is 7.28. The fourth-order valence-corrected chi connectivity index (χ4v) is 3.42.